The Balaban J connectivity index is 2.59. The Morgan fingerprint density at radius 3 is 2.53 bits per heavy atom. The number of rotatable bonds is 1. The van der Waals surface area contributed by atoms with Crippen molar-refractivity contribution in [1.29, 1.82) is 0 Å². The van der Waals surface area contributed by atoms with Crippen molar-refractivity contribution in [3.63, 3.8) is 0 Å². The Morgan fingerprint density at radius 1 is 1.33 bits per heavy atom. The van der Waals surface area contributed by atoms with E-state index in [1.165, 1.54) is 18.2 Å². The summed E-state index contributed by atoms with van der Waals surface area (Å²) in [4.78, 5) is 11.2. The maximum atomic E-state index is 12.7. The summed E-state index contributed by atoms with van der Waals surface area (Å²) < 4.78 is 22.4. The average molecular weight is 212 g/mol. The number of ether oxygens (including phenoxy) is 2. The van der Waals surface area contributed by atoms with Gasteiger partial charge in [0.1, 0.15) is 17.2 Å². The summed E-state index contributed by atoms with van der Waals surface area (Å²) in [5.41, 5.74) is -0.621. The van der Waals surface area contributed by atoms with Crippen LogP contribution in [0.15, 0.2) is 24.3 Å². The molecule has 0 aliphatic rings. The van der Waals surface area contributed by atoms with Gasteiger partial charge in [0.2, 0.25) is 0 Å². The van der Waals surface area contributed by atoms with Crippen molar-refractivity contribution in [1.82, 2.24) is 0 Å². The highest BCUT2D eigenvalue weighted by Crippen LogP contribution is 2.15. The molecule has 3 nitrogen and oxygen atoms in total. The molecule has 0 spiro atoms. The van der Waals surface area contributed by atoms with Crippen molar-refractivity contribution >= 4 is 6.16 Å². The van der Waals surface area contributed by atoms with Crippen LogP contribution in [0, 0.1) is 5.82 Å². The van der Waals surface area contributed by atoms with E-state index < -0.39 is 17.6 Å². The van der Waals surface area contributed by atoms with Gasteiger partial charge >= 0.3 is 6.16 Å². The molecule has 4 heteroatoms. The van der Waals surface area contributed by atoms with Crippen molar-refractivity contribution in [2.24, 2.45) is 0 Å². The van der Waals surface area contributed by atoms with Crippen LogP contribution in [0.25, 0.3) is 0 Å². The maximum Gasteiger partial charge on any atom is 0.514 e. The van der Waals surface area contributed by atoms with Crippen LogP contribution >= 0.6 is 0 Å². The monoisotopic (exact) mass is 212 g/mol. The molecule has 0 atom stereocenters. The second-order valence-corrected chi connectivity index (χ2v) is 4.02. The number of benzene rings is 1. The van der Waals surface area contributed by atoms with Crippen LogP contribution in [0.5, 0.6) is 5.75 Å². The molecular formula is C11H13FO3. The predicted octanol–water partition coefficient (Wildman–Crippen LogP) is 3.14. The Labute approximate surface area is 87.8 Å². The van der Waals surface area contributed by atoms with E-state index in [9.17, 15) is 9.18 Å². The van der Waals surface area contributed by atoms with E-state index in [2.05, 4.69) is 0 Å². The van der Waals surface area contributed by atoms with Gasteiger partial charge in [-0.05, 0) is 32.9 Å². The van der Waals surface area contributed by atoms with Gasteiger partial charge in [-0.15, -0.1) is 0 Å². The number of carbonyl (C=O) groups is 1. The lowest BCUT2D eigenvalue weighted by atomic mass is 10.2. The smallest absolute Gasteiger partial charge is 0.428 e. The van der Waals surface area contributed by atoms with Gasteiger partial charge in [-0.25, -0.2) is 9.18 Å². The zero-order valence-corrected chi connectivity index (χ0v) is 8.91. The maximum absolute atomic E-state index is 12.7. The summed E-state index contributed by atoms with van der Waals surface area (Å²) in [7, 11) is 0. The highest BCUT2D eigenvalue weighted by Gasteiger charge is 2.17. The van der Waals surface area contributed by atoms with E-state index in [-0.39, 0.29) is 5.75 Å². The minimum Gasteiger partial charge on any atom is -0.428 e. The lowest BCUT2D eigenvalue weighted by Crippen LogP contribution is -2.25. The van der Waals surface area contributed by atoms with E-state index in [4.69, 9.17) is 9.47 Å². The van der Waals surface area contributed by atoms with Crippen LogP contribution in [-0.4, -0.2) is 11.8 Å². The molecule has 82 valence electrons. The largest absolute Gasteiger partial charge is 0.514 e. The van der Waals surface area contributed by atoms with E-state index in [1.807, 2.05) is 0 Å². The van der Waals surface area contributed by atoms with Gasteiger partial charge in [-0.3, -0.25) is 0 Å². The molecular weight excluding hydrogens is 199 g/mol. The molecule has 0 aromatic heterocycles. The highest BCUT2D eigenvalue weighted by molar-refractivity contribution is 5.64. The standard InChI is InChI=1S/C11H13FO3/c1-11(2,3)15-10(13)14-9-6-4-5-8(12)7-9/h4-7H,1-3H3. The summed E-state index contributed by atoms with van der Waals surface area (Å²) in [6.45, 7) is 5.17. The van der Waals surface area contributed by atoms with Gasteiger partial charge in [0, 0.05) is 6.07 Å². The molecule has 1 aromatic carbocycles. The third kappa shape index (κ3) is 4.44. The zero-order valence-electron chi connectivity index (χ0n) is 8.91. The number of hydrogen-bond acceptors (Lipinski definition) is 3. The molecule has 1 aromatic rings. The van der Waals surface area contributed by atoms with Crippen molar-refractivity contribution in [3.8, 4) is 5.75 Å². The van der Waals surface area contributed by atoms with E-state index >= 15 is 0 Å². The summed E-state index contributed by atoms with van der Waals surface area (Å²) >= 11 is 0. The zero-order chi connectivity index (χ0) is 11.5. The van der Waals surface area contributed by atoms with Crippen LogP contribution in [0.2, 0.25) is 0 Å². The minimum absolute atomic E-state index is 0.129. The predicted molar refractivity (Wildman–Crippen MR) is 53.3 cm³/mol. The van der Waals surface area contributed by atoms with E-state index in [0.29, 0.717) is 0 Å². The fourth-order valence-electron chi connectivity index (χ4n) is 0.898. The van der Waals surface area contributed by atoms with Crippen LogP contribution in [0.1, 0.15) is 20.8 Å². The Hall–Kier alpha value is -1.58. The first-order chi connectivity index (χ1) is 6.87. The van der Waals surface area contributed by atoms with Crippen molar-refractivity contribution in [2.45, 2.75) is 26.4 Å². The van der Waals surface area contributed by atoms with Gasteiger partial charge in [-0.2, -0.15) is 0 Å². The fraction of sp³-hybridized carbons (Fsp3) is 0.364. The van der Waals surface area contributed by atoms with Crippen LogP contribution in [0.4, 0.5) is 9.18 Å². The molecule has 0 bridgehead atoms. The molecule has 0 heterocycles. The molecule has 1 rings (SSSR count). The second-order valence-electron chi connectivity index (χ2n) is 4.02. The molecule has 0 saturated heterocycles. The fourth-order valence-corrected chi connectivity index (χ4v) is 0.898. The molecule has 0 fully saturated rings. The van der Waals surface area contributed by atoms with E-state index in [0.717, 1.165) is 6.07 Å². The number of halogens is 1. The number of hydrogen-bond donors (Lipinski definition) is 0. The first-order valence-corrected chi connectivity index (χ1v) is 4.53. The third-order valence-corrected chi connectivity index (χ3v) is 1.39. The van der Waals surface area contributed by atoms with Gasteiger partial charge in [0.15, 0.2) is 0 Å². The van der Waals surface area contributed by atoms with E-state index in [1.54, 1.807) is 20.8 Å². The lowest BCUT2D eigenvalue weighted by Gasteiger charge is -2.18. The van der Waals surface area contributed by atoms with Crippen LogP contribution in [-0.2, 0) is 4.74 Å². The SMILES string of the molecule is CC(C)(C)OC(=O)Oc1cccc(F)c1. The summed E-state index contributed by atoms with van der Waals surface area (Å²) in [6, 6.07) is 5.31. The molecule has 0 aliphatic carbocycles. The van der Waals surface area contributed by atoms with Crippen LogP contribution in [0.3, 0.4) is 0 Å². The Kier molecular flexibility index (Phi) is 3.29. The minimum atomic E-state index is -0.840. The molecule has 15 heavy (non-hydrogen) atoms. The Bertz CT molecular complexity index is 355. The molecule has 0 unspecified atom stereocenters. The van der Waals surface area contributed by atoms with Crippen molar-refractivity contribution < 1.29 is 18.7 Å². The highest BCUT2D eigenvalue weighted by atomic mass is 19.1. The Morgan fingerprint density at radius 2 is 2.00 bits per heavy atom. The van der Waals surface area contributed by atoms with Crippen LogP contribution < -0.4 is 4.74 Å². The lowest BCUT2D eigenvalue weighted by molar-refractivity contribution is 0.0206. The van der Waals surface area contributed by atoms with Gasteiger partial charge in [0.05, 0.1) is 0 Å². The average Bonchev–Trinajstić information content (AvgIpc) is 1.99. The second kappa shape index (κ2) is 4.29. The normalized spacial score (nSPS) is 10.9. The summed E-state index contributed by atoms with van der Waals surface area (Å²) in [5.74, 6) is -0.333. The summed E-state index contributed by atoms with van der Waals surface area (Å²) in [6.07, 6.45) is -0.840. The molecule has 0 N–H and O–H groups in total. The summed E-state index contributed by atoms with van der Waals surface area (Å²) in [5, 5.41) is 0. The number of carbonyl (C=O) groups excluding carboxylic acids is 1. The quantitative estimate of drug-likeness (QED) is 0.530. The van der Waals surface area contributed by atoms with Crippen molar-refractivity contribution in [3.05, 3.63) is 30.1 Å². The first-order valence-electron chi connectivity index (χ1n) is 4.53. The molecule has 0 amide bonds. The van der Waals surface area contributed by atoms with Gasteiger partial charge in [-0.1, -0.05) is 6.07 Å². The molecule has 0 saturated carbocycles. The van der Waals surface area contributed by atoms with Gasteiger partial charge in [0.25, 0.3) is 0 Å². The topological polar surface area (TPSA) is 35.5 Å². The third-order valence-electron chi connectivity index (χ3n) is 1.39. The first kappa shape index (κ1) is 11.5. The van der Waals surface area contributed by atoms with Crippen molar-refractivity contribution in [2.75, 3.05) is 0 Å². The molecule has 0 aliphatic heterocycles. The molecule has 0 radical (unpaired) electrons. The van der Waals surface area contributed by atoms with Gasteiger partial charge < -0.3 is 9.47 Å².